The van der Waals surface area contributed by atoms with Crippen LogP contribution in [-0.2, 0) is 26.3 Å². The topological polar surface area (TPSA) is 113 Å². The standard InChI is InChI=1S/C42H44ClN5O4/c1-29-33(8-5-10-37(29)38-11-6-12-40(30(38)2)50-17-7-15-48-16-13-36(49)26-48)28-52-42-20-41(51-27-32-18-31(21-44)22-45-23-32)34(19-39(42)43)24-46-25-35-9-3-4-14-47-35/h3-6,8-12,14,18-20,22-23,36,46,49H,7,13,15-17,24-28H2,1-2H3. The maximum absolute atomic E-state index is 9.80. The number of likely N-dealkylation sites (tertiary alicyclic amines) is 1. The van der Waals surface area contributed by atoms with Gasteiger partial charge in [0.25, 0.3) is 0 Å². The van der Waals surface area contributed by atoms with E-state index in [9.17, 15) is 10.4 Å². The molecule has 52 heavy (non-hydrogen) atoms. The van der Waals surface area contributed by atoms with E-state index in [4.69, 9.17) is 25.8 Å². The number of hydrogen-bond donors (Lipinski definition) is 2. The van der Waals surface area contributed by atoms with E-state index in [0.717, 1.165) is 82.9 Å². The summed E-state index contributed by atoms with van der Waals surface area (Å²) in [5.74, 6) is 2.00. The highest BCUT2D eigenvalue weighted by Crippen LogP contribution is 2.36. The van der Waals surface area contributed by atoms with Gasteiger partial charge in [-0.25, -0.2) is 0 Å². The van der Waals surface area contributed by atoms with Gasteiger partial charge in [0, 0.05) is 68.5 Å². The normalized spacial score (nSPS) is 14.2. The number of aliphatic hydroxyl groups is 1. The van der Waals surface area contributed by atoms with Crippen LogP contribution in [0, 0.1) is 25.2 Å². The molecule has 6 rings (SSSR count). The van der Waals surface area contributed by atoms with Crippen LogP contribution >= 0.6 is 11.6 Å². The molecule has 0 radical (unpaired) electrons. The van der Waals surface area contributed by atoms with Crippen molar-refractivity contribution in [2.24, 2.45) is 0 Å². The fraction of sp³-hybridized carbons (Fsp3) is 0.310. The maximum Gasteiger partial charge on any atom is 0.142 e. The summed E-state index contributed by atoms with van der Waals surface area (Å²) in [4.78, 5) is 10.8. The van der Waals surface area contributed by atoms with Crippen LogP contribution in [0.1, 0.15) is 51.9 Å². The lowest BCUT2D eigenvalue weighted by atomic mass is 9.93. The fourth-order valence-electron chi connectivity index (χ4n) is 6.41. The second-order valence-corrected chi connectivity index (χ2v) is 13.5. The number of benzene rings is 3. The lowest BCUT2D eigenvalue weighted by molar-refractivity contribution is 0.173. The Morgan fingerprint density at radius 3 is 2.50 bits per heavy atom. The van der Waals surface area contributed by atoms with Crippen molar-refractivity contribution in [3.05, 3.63) is 135 Å². The van der Waals surface area contributed by atoms with Crippen molar-refractivity contribution in [1.29, 1.82) is 5.26 Å². The zero-order valence-corrected chi connectivity index (χ0v) is 30.4. The van der Waals surface area contributed by atoms with Crippen LogP contribution in [-0.4, -0.2) is 52.3 Å². The molecule has 2 N–H and O–H groups in total. The highest BCUT2D eigenvalue weighted by Gasteiger charge is 2.20. The van der Waals surface area contributed by atoms with E-state index in [1.165, 1.54) is 6.20 Å². The molecule has 10 heteroatoms. The van der Waals surface area contributed by atoms with Crippen LogP contribution in [0.4, 0.5) is 0 Å². The highest BCUT2D eigenvalue weighted by molar-refractivity contribution is 6.32. The van der Waals surface area contributed by atoms with Gasteiger partial charge in [-0.15, -0.1) is 0 Å². The first-order chi connectivity index (χ1) is 25.4. The number of pyridine rings is 2. The Hall–Kier alpha value is -4.98. The molecule has 268 valence electrons. The molecule has 0 spiro atoms. The number of ether oxygens (including phenoxy) is 3. The molecule has 3 heterocycles. The van der Waals surface area contributed by atoms with Crippen LogP contribution in [0.5, 0.6) is 17.2 Å². The van der Waals surface area contributed by atoms with Crippen molar-refractivity contribution in [3.8, 4) is 34.4 Å². The summed E-state index contributed by atoms with van der Waals surface area (Å²) in [7, 11) is 0. The van der Waals surface area contributed by atoms with Gasteiger partial charge in [0.2, 0.25) is 0 Å². The average Bonchev–Trinajstić information content (AvgIpc) is 3.58. The molecule has 1 fully saturated rings. The zero-order valence-electron chi connectivity index (χ0n) is 29.6. The van der Waals surface area contributed by atoms with E-state index >= 15 is 0 Å². The summed E-state index contributed by atoms with van der Waals surface area (Å²) in [6, 6.07) is 25.9. The molecule has 0 saturated carbocycles. The first kappa shape index (κ1) is 36.8. The zero-order chi connectivity index (χ0) is 36.3. The van der Waals surface area contributed by atoms with Crippen molar-refractivity contribution in [2.45, 2.75) is 59.1 Å². The third kappa shape index (κ3) is 9.66. The van der Waals surface area contributed by atoms with Gasteiger partial charge < -0.3 is 29.5 Å². The van der Waals surface area contributed by atoms with Gasteiger partial charge in [-0.1, -0.05) is 48.0 Å². The Balaban J connectivity index is 1.15. The number of β-amino-alcohol motifs (C(OH)–C–C–N with tert-alkyl or cyclic N) is 1. The summed E-state index contributed by atoms with van der Waals surface area (Å²) in [6.07, 6.45) is 6.55. The van der Waals surface area contributed by atoms with E-state index in [-0.39, 0.29) is 12.7 Å². The van der Waals surface area contributed by atoms with Gasteiger partial charge in [0.05, 0.1) is 29.0 Å². The Kier molecular flexibility index (Phi) is 12.7. The van der Waals surface area contributed by atoms with Crippen LogP contribution in [0.25, 0.3) is 11.1 Å². The first-order valence-corrected chi connectivity index (χ1v) is 18.0. The Labute approximate surface area is 310 Å². The molecule has 5 aromatic rings. The van der Waals surface area contributed by atoms with Gasteiger partial charge in [-0.2, -0.15) is 5.26 Å². The Morgan fingerprint density at radius 1 is 0.885 bits per heavy atom. The van der Waals surface area contributed by atoms with Gasteiger partial charge in [-0.05, 0) is 84.8 Å². The predicted molar refractivity (Wildman–Crippen MR) is 202 cm³/mol. The molecule has 1 aliphatic heterocycles. The van der Waals surface area contributed by atoms with Crippen molar-refractivity contribution < 1.29 is 19.3 Å². The van der Waals surface area contributed by atoms with E-state index in [1.54, 1.807) is 18.5 Å². The molecular formula is C42H44ClN5O4. The van der Waals surface area contributed by atoms with Crippen LogP contribution < -0.4 is 19.5 Å². The lowest BCUT2D eigenvalue weighted by Crippen LogP contribution is -2.24. The average molecular weight is 718 g/mol. The maximum atomic E-state index is 9.80. The fourth-order valence-corrected chi connectivity index (χ4v) is 6.65. The van der Waals surface area contributed by atoms with Crippen LogP contribution in [0.2, 0.25) is 5.02 Å². The molecule has 3 aromatic carbocycles. The molecular weight excluding hydrogens is 674 g/mol. The number of nitrogens with zero attached hydrogens (tertiary/aromatic N) is 4. The SMILES string of the molecule is Cc1c(COc2cc(OCc3cncc(C#N)c3)c(CNCc3ccccn3)cc2Cl)cccc1-c1cccc(OCCCN2CCC(O)C2)c1C. The second kappa shape index (κ2) is 18.0. The minimum absolute atomic E-state index is 0.201. The Morgan fingerprint density at radius 2 is 1.71 bits per heavy atom. The number of aliphatic hydroxyl groups excluding tert-OH is 1. The molecule has 0 bridgehead atoms. The second-order valence-electron chi connectivity index (χ2n) is 13.0. The summed E-state index contributed by atoms with van der Waals surface area (Å²) in [5.41, 5.74) is 8.52. The molecule has 9 nitrogen and oxygen atoms in total. The molecule has 1 atom stereocenters. The molecule has 0 aliphatic carbocycles. The largest absolute Gasteiger partial charge is 0.493 e. The van der Waals surface area contributed by atoms with Crippen molar-refractivity contribution in [1.82, 2.24) is 20.2 Å². The molecule has 1 aliphatic rings. The number of rotatable bonds is 16. The summed E-state index contributed by atoms with van der Waals surface area (Å²) in [5, 5.41) is 23.0. The molecule has 1 unspecified atom stereocenters. The monoisotopic (exact) mass is 717 g/mol. The van der Waals surface area contributed by atoms with Crippen molar-refractivity contribution in [3.63, 3.8) is 0 Å². The van der Waals surface area contributed by atoms with E-state index < -0.39 is 0 Å². The summed E-state index contributed by atoms with van der Waals surface area (Å²) in [6.45, 7) is 9.07. The summed E-state index contributed by atoms with van der Waals surface area (Å²) < 4.78 is 18.9. The third-order valence-corrected chi connectivity index (χ3v) is 9.60. The summed E-state index contributed by atoms with van der Waals surface area (Å²) >= 11 is 6.83. The van der Waals surface area contributed by atoms with E-state index in [2.05, 4.69) is 58.3 Å². The quantitative estimate of drug-likeness (QED) is 0.0999. The number of halogens is 1. The minimum atomic E-state index is -0.201. The number of nitriles is 1. The van der Waals surface area contributed by atoms with Crippen molar-refractivity contribution in [2.75, 3.05) is 26.2 Å². The smallest absolute Gasteiger partial charge is 0.142 e. The minimum Gasteiger partial charge on any atom is -0.493 e. The number of hydrogen-bond acceptors (Lipinski definition) is 9. The van der Waals surface area contributed by atoms with E-state index in [0.29, 0.717) is 48.4 Å². The van der Waals surface area contributed by atoms with Crippen LogP contribution in [0.15, 0.2) is 91.4 Å². The first-order valence-electron chi connectivity index (χ1n) is 17.6. The van der Waals surface area contributed by atoms with Gasteiger partial charge in [0.15, 0.2) is 0 Å². The molecule has 1 saturated heterocycles. The van der Waals surface area contributed by atoms with Crippen molar-refractivity contribution >= 4 is 11.6 Å². The van der Waals surface area contributed by atoms with Gasteiger partial charge >= 0.3 is 0 Å². The highest BCUT2D eigenvalue weighted by atomic mass is 35.5. The third-order valence-electron chi connectivity index (χ3n) is 9.31. The Bertz CT molecular complexity index is 2000. The van der Waals surface area contributed by atoms with E-state index in [1.807, 2.05) is 48.5 Å². The molecule has 2 aromatic heterocycles. The predicted octanol–water partition coefficient (Wildman–Crippen LogP) is 7.57. The number of nitrogens with one attached hydrogen (secondary N) is 1. The van der Waals surface area contributed by atoms with Crippen LogP contribution in [0.3, 0.4) is 0 Å². The van der Waals surface area contributed by atoms with Gasteiger partial charge in [-0.3, -0.25) is 9.97 Å². The number of aromatic nitrogens is 2. The lowest BCUT2D eigenvalue weighted by Gasteiger charge is -2.19. The van der Waals surface area contributed by atoms with Gasteiger partial charge in [0.1, 0.15) is 36.5 Å². The molecule has 0 amide bonds.